The molecule has 0 amide bonds. The van der Waals surface area contributed by atoms with Crippen molar-refractivity contribution in [3.8, 4) is 0 Å². The van der Waals surface area contributed by atoms with Gasteiger partial charge in [0, 0.05) is 10.9 Å². The van der Waals surface area contributed by atoms with Gasteiger partial charge in [0.25, 0.3) is 0 Å². The molecular weight excluding hydrogens is 356 g/mol. The van der Waals surface area contributed by atoms with Crippen LogP contribution in [0.5, 0.6) is 0 Å². The highest BCUT2D eigenvalue weighted by Crippen LogP contribution is 2.74. The molecule has 0 spiro atoms. The molecule has 2 fully saturated rings. The molecule has 0 heterocycles. The van der Waals surface area contributed by atoms with Crippen LogP contribution in [0.4, 0.5) is 0 Å². The van der Waals surface area contributed by atoms with Crippen molar-refractivity contribution < 1.29 is 25.5 Å². The van der Waals surface area contributed by atoms with E-state index >= 15 is 0 Å². The molecule has 2 aromatic rings. The summed E-state index contributed by atoms with van der Waals surface area (Å²) in [6.45, 7) is 1.16. The Balaban J connectivity index is 1.79. The fraction of sp³-hybridized carbons (Fsp3) is 0.400. The lowest BCUT2D eigenvalue weighted by molar-refractivity contribution is -0.448. The zero-order valence-electron chi connectivity index (χ0n) is 14.2. The summed E-state index contributed by atoms with van der Waals surface area (Å²) in [5, 5.41) is 54.6. The van der Waals surface area contributed by atoms with Gasteiger partial charge in [-0.05, 0) is 30.2 Å². The number of halogens is 1. The molecule has 4 rings (SSSR count). The summed E-state index contributed by atoms with van der Waals surface area (Å²) >= 11 is 5.89. The van der Waals surface area contributed by atoms with Gasteiger partial charge in [0.1, 0.15) is 16.8 Å². The van der Waals surface area contributed by atoms with E-state index in [0.717, 1.165) is 5.56 Å². The number of benzene rings is 2. The van der Waals surface area contributed by atoms with Gasteiger partial charge in [0.2, 0.25) is 0 Å². The molecule has 6 atom stereocenters. The van der Waals surface area contributed by atoms with E-state index in [1.807, 2.05) is 19.1 Å². The van der Waals surface area contributed by atoms with Crippen LogP contribution in [0.1, 0.15) is 28.5 Å². The fourth-order valence-electron chi connectivity index (χ4n) is 4.97. The molecule has 0 aromatic heterocycles. The second kappa shape index (κ2) is 5.52. The van der Waals surface area contributed by atoms with Crippen molar-refractivity contribution in [2.75, 3.05) is 6.61 Å². The van der Waals surface area contributed by atoms with Crippen molar-refractivity contribution in [1.29, 1.82) is 0 Å². The summed E-state index contributed by atoms with van der Waals surface area (Å²) in [6, 6.07) is 13.6. The van der Waals surface area contributed by atoms with Gasteiger partial charge < -0.3 is 25.5 Å². The van der Waals surface area contributed by atoms with E-state index in [-0.39, 0.29) is 0 Å². The van der Waals surface area contributed by atoms with Gasteiger partial charge in [-0.1, -0.05) is 53.6 Å². The largest absolute Gasteiger partial charge is 0.393 e. The van der Waals surface area contributed by atoms with Gasteiger partial charge >= 0.3 is 0 Å². The van der Waals surface area contributed by atoms with E-state index in [1.54, 1.807) is 36.4 Å². The van der Waals surface area contributed by atoms with E-state index in [4.69, 9.17) is 11.6 Å². The Kier molecular flexibility index (Phi) is 3.80. The second-order valence-corrected chi connectivity index (χ2v) is 7.93. The van der Waals surface area contributed by atoms with Gasteiger partial charge in [-0.3, -0.25) is 0 Å². The predicted molar refractivity (Wildman–Crippen MR) is 96.1 cm³/mol. The minimum absolute atomic E-state index is 0.494. The normalized spacial score (nSPS) is 41.1. The monoisotopic (exact) mass is 376 g/mol. The van der Waals surface area contributed by atoms with Crippen LogP contribution >= 0.6 is 11.6 Å². The van der Waals surface area contributed by atoms with Crippen LogP contribution in [0.3, 0.4) is 0 Å². The van der Waals surface area contributed by atoms with Gasteiger partial charge in [-0.15, -0.1) is 0 Å². The molecule has 5 nitrogen and oxygen atoms in total. The third-order valence-corrected chi connectivity index (χ3v) is 6.54. The number of rotatable bonds is 3. The Morgan fingerprint density at radius 1 is 0.923 bits per heavy atom. The van der Waals surface area contributed by atoms with Crippen molar-refractivity contribution >= 4 is 11.6 Å². The summed E-state index contributed by atoms with van der Waals surface area (Å²) in [5.41, 5.74) is -3.94. The number of hydrogen-bond donors (Lipinski definition) is 5. The van der Waals surface area contributed by atoms with Crippen molar-refractivity contribution in [3.63, 3.8) is 0 Å². The van der Waals surface area contributed by atoms with Gasteiger partial charge in [0.15, 0.2) is 0 Å². The summed E-state index contributed by atoms with van der Waals surface area (Å²) in [4.78, 5) is 0. The highest BCUT2D eigenvalue weighted by molar-refractivity contribution is 6.30. The molecule has 2 aromatic carbocycles. The average molecular weight is 377 g/mol. The smallest absolute Gasteiger partial charge is 0.137 e. The Morgan fingerprint density at radius 3 is 2.00 bits per heavy atom. The maximum Gasteiger partial charge on any atom is 0.137 e. The lowest BCUT2D eigenvalue weighted by atomic mass is 9.31. The number of aryl methyl sites for hydroxylation is 1. The highest BCUT2D eigenvalue weighted by atomic mass is 35.5. The maximum atomic E-state index is 11.2. The van der Waals surface area contributed by atoms with E-state index in [0.29, 0.717) is 16.1 Å². The first-order chi connectivity index (χ1) is 12.2. The van der Waals surface area contributed by atoms with Crippen molar-refractivity contribution in [2.24, 2.45) is 0 Å². The third kappa shape index (κ3) is 1.83. The van der Waals surface area contributed by atoms with Gasteiger partial charge in [-0.2, -0.15) is 0 Å². The van der Waals surface area contributed by atoms with Crippen LogP contribution in [0.2, 0.25) is 5.02 Å². The molecule has 2 aliphatic carbocycles. The first-order valence-corrected chi connectivity index (χ1v) is 8.87. The standard InChI is InChI=1S/C20H21ClO5/c1-11-2-4-13(5-3-11)16-18(24,10-22)20(26)15(17(23)19(16,20)25)12-6-8-14(21)9-7-12/h2-9,15-17,22-26H,10H2,1H3/t15?,16?,17?,18-,19-,20-/m0/s1. The summed E-state index contributed by atoms with van der Waals surface area (Å²) in [6.07, 6.45) is -1.30. The molecule has 138 valence electrons. The van der Waals surface area contributed by atoms with Crippen LogP contribution in [0.25, 0.3) is 0 Å². The molecule has 0 bridgehead atoms. The first-order valence-electron chi connectivity index (χ1n) is 8.50. The van der Waals surface area contributed by atoms with E-state index in [9.17, 15) is 25.5 Å². The Hall–Kier alpha value is -1.47. The number of aliphatic hydroxyl groups is 5. The summed E-state index contributed by atoms with van der Waals surface area (Å²) < 4.78 is 0. The second-order valence-electron chi connectivity index (χ2n) is 7.49. The third-order valence-electron chi connectivity index (χ3n) is 6.29. The minimum atomic E-state index is -2.07. The van der Waals surface area contributed by atoms with E-state index in [2.05, 4.69) is 0 Å². The minimum Gasteiger partial charge on any atom is -0.393 e. The van der Waals surface area contributed by atoms with Gasteiger partial charge in [0.05, 0.1) is 18.6 Å². The van der Waals surface area contributed by atoms with Crippen LogP contribution in [-0.4, -0.2) is 55.0 Å². The molecule has 5 N–H and O–H groups in total. The Morgan fingerprint density at radius 2 is 1.46 bits per heavy atom. The number of fused-ring (bicyclic) bond motifs is 1. The molecule has 0 saturated heterocycles. The average Bonchev–Trinajstić information content (AvgIpc) is 2.64. The summed E-state index contributed by atoms with van der Waals surface area (Å²) in [7, 11) is 0. The Labute approximate surface area is 156 Å². The van der Waals surface area contributed by atoms with E-state index < -0.39 is 41.3 Å². The molecule has 0 radical (unpaired) electrons. The van der Waals surface area contributed by atoms with Gasteiger partial charge in [-0.25, -0.2) is 0 Å². The quantitative estimate of drug-likeness (QED) is 0.552. The predicted octanol–water partition coefficient (Wildman–Crippen LogP) is 1.09. The molecular formula is C20H21ClO5. The van der Waals surface area contributed by atoms with E-state index in [1.165, 1.54) is 0 Å². The number of hydrogen-bond acceptors (Lipinski definition) is 5. The Bertz CT molecular complexity index is 826. The molecule has 2 saturated carbocycles. The SMILES string of the molecule is Cc1ccc(C2[C@]3(O)C(O)C(c4ccc(Cl)cc4)[C@]3(O)[C@]2(O)CO)cc1. The van der Waals surface area contributed by atoms with Crippen LogP contribution in [0.15, 0.2) is 48.5 Å². The topological polar surface area (TPSA) is 101 Å². The fourth-order valence-corrected chi connectivity index (χ4v) is 5.09. The van der Waals surface area contributed by atoms with Crippen molar-refractivity contribution in [3.05, 3.63) is 70.2 Å². The molecule has 6 heteroatoms. The zero-order valence-corrected chi connectivity index (χ0v) is 14.9. The van der Waals surface area contributed by atoms with Crippen molar-refractivity contribution in [1.82, 2.24) is 0 Å². The molecule has 2 aliphatic rings. The zero-order chi connectivity index (χ0) is 18.9. The van der Waals surface area contributed by atoms with Crippen LogP contribution in [-0.2, 0) is 0 Å². The lowest BCUT2D eigenvalue weighted by Crippen LogP contribution is -2.98. The van der Waals surface area contributed by atoms with Crippen LogP contribution < -0.4 is 0 Å². The summed E-state index contributed by atoms with van der Waals surface area (Å²) in [5.74, 6) is -1.95. The molecule has 3 unspecified atom stereocenters. The first kappa shape index (κ1) is 17.9. The van der Waals surface area contributed by atoms with Crippen molar-refractivity contribution in [2.45, 2.75) is 41.7 Å². The molecule has 26 heavy (non-hydrogen) atoms. The highest BCUT2D eigenvalue weighted by Gasteiger charge is 2.92. The lowest BCUT2D eigenvalue weighted by Gasteiger charge is -2.79. The maximum absolute atomic E-state index is 11.2. The molecule has 0 aliphatic heterocycles. The van der Waals surface area contributed by atoms with Crippen LogP contribution in [0, 0.1) is 6.92 Å². The number of aliphatic hydroxyl groups excluding tert-OH is 2.